The second-order valence-electron chi connectivity index (χ2n) is 16.5. The lowest BCUT2D eigenvalue weighted by molar-refractivity contribution is -0.763. The Bertz CT molecular complexity index is 3300. The van der Waals surface area contributed by atoms with Gasteiger partial charge in [-0.3, -0.25) is 4.98 Å². The van der Waals surface area contributed by atoms with Crippen molar-refractivity contribution in [3.63, 3.8) is 0 Å². The molecular weight excluding hydrogens is 1120 g/mol. The summed E-state index contributed by atoms with van der Waals surface area (Å²) in [6.07, 6.45) is -2.54. The number of nitrogens with zero attached hydrogens (tertiary/aromatic N) is 12. The molecule has 6 aromatic rings. The zero-order valence-corrected chi connectivity index (χ0v) is 44.6. The van der Waals surface area contributed by atoms with Gasteiger partial charge in [-0.25, -0.2) is 28.7 Å². The number of para-hydroxylation sites is 2. The van der Waals surface area contributed by atoms with E-state index in [0.717, 1.165) is 11.6 Å². The van der Waals surface area contributed by atoms with E-state index in [1.807, 2.05) is 0 Å². The molecule has 0 saturated heterocycles. The van der Waals surface area contributed by atoms with E-state index in [1.165, 1.54) is 87.1 Å². The molecule has 35 heteroatoms. The van der Waals surface area contributed by atoms with Crippen molar-refractivity contribution in [1.29, 1.82) is 0 Å². The van der Waals surface area contributed by atoms with Crippen LogP contribution in [0, 0.1) is 37.3 Å². The second-order valence-corrected chi connectivity index (χ2v) is 18.2. The van der Waals surface area contributed by atoms with E-state index < -0.39 is 98.3 Å². The maximum absolute atomic E-state index is 15.2. The number of ether oxygens (including phenoxy) is 8. The smallest absolute Gasteiger partial charge is 0.493 e. The van der Waals surface area contributed by atoms with Gasteiger partial charge in [-0.15, -0.1) is 35.4 Å². The number of tetrazole rings is 1. The minimum atomic E-state index is -5.05. The fraction of sp³-hybridized carbons (Fsp3) is 0.362. The lowest BCUT2D eigenvalue weighted by atomic mass is 10.1. The maximum atomic E-state index is 15.2. The van der Waals surface area contributed by atoms with Crippen LogP contribution in [0.1, 0.15) is 67.2 Å². The Kier molecular flexibility index (Phi) is 22.0. The van der Waals surface area contributed by atoms with Crippen LogP contribution in [0.4, 0.5) is 15.4 Å². The molecule has 436 valence electrons. The highest BCUT2D eigenvalue weighted by Crippen LogP contribution is 2.45. The largest absolute Gasteiger partial charge is 0.510 e. The van der Waals surface area contributed by atoms with Gasteiger partial charge >= 0.3 is 18.3 Å². The van der Waals surface area contributed by atoms with Crippen molar-refractivity contribution in [3.05, 3.63) is 132 Å². The first-order valence-electron chi connectivity index (χ1n) is 24.2. The van der Waals surface area contributed by atoms with Crippen LogP contribution < -0.4 is 18.5 Å². The Morgan fingerprint density at radius 2 is 1.40 bits per heavy atom. The molecule has 0 amide bonds. The number of methoxy groups -OCH3 is 1. The highest BCUT2D eigenvalue weighted by molar-refractivity contribution is 7.92. The number of unbranched alkanes of at least 4 members (excludes halogenated alkanes) is 2. The van der Waals surface area contributed by atoms with Crippen LogP contribution in [0.5, 0.6) is 23.1 Å². The van der Waals surface area contributed by atoms with E-state index >= 15 is 8.42 Å². The van der Waals surface area contributed by atoms with E-state index in [-0.39, 0.29) is 97.6 Å². The molecule has 0 saturated carbocycles. The highest BCUT2D eigenvalue weighted by atomic mass is 32.2. The molecule has 0 aliphatic carbocycles. The summed E-state index contributed by atoms with van der Waals surface area (Å²) >= 11 is 0. The topological polar surface area (TPSA) is 415 Å². The number of hydrogen-bond acceptors (Lipinski definition) is 29. The number of benzene rings is 2. The van der Waals surface area contributed by atoms with E-state index in [2.05, 4.69) is 45.0 Å². The third kappa shape index (κ3) is 17.6. The van der Waals surface area contributed by atoms with Gasteiger partial charge in [0.15, 0.2) is 40.6 Å². The van der Waals surface area contributed by atoms with Gasteiger partial charge in [0.1, 0.15) is 25.5 Å². The molecule has 4 heterocycles. The number of aromatic nitrogens is 8. The normalized spacial score (nSPS) is 11.7. The molecule has 0 radical (unpaired) electrons. The van der Waals surface area contributed by atoms with Gasteiger partial charge in [-0.2, -0.15) is 18.1 Å². The van der Waals surface area contributed by atoms with Crippen LogP contribution in [0.15, 0.2) is 90.2 Å². The number of anilines is 1. The SMILES string of the molecule is COc1ccccc1Oc1c(OCCOC(=O)c2cccc(CO[N+](=O)[O-])c2)nc(-c2ccnc(-c3nnnn3C(C)OC(=O)OCCCCO[N+](=O)[O-])c2)nc1N(C(C)OC(=O)OCCCCO[N+](=O)[O-])S(=O)(=O)c1ccc(C)cn1. The first kappa shape index (κ1) is 60.9. The van der Waals surface area contributed by atoms with Crippen LogP contribution in [0.2, 0.25) is 0 Å². The second kappa shape index (κ2) is 29.6. The fourth-order valence-corrected chi connectivity index (χ4v) is 8.31. The van der Waals surface area contributed by atoms with Crippen molar-refractivity contribution in [1.82, 2.24) is 40.1 Å². The Balaban J connectivity index is 1.44. The van der Waals surface area contributed by atoms with Gasteiger partial charge < -0.3 is 52.4 Å². The molecule has 0 fully saturated rings. The maximum Gasteiger partial charge on any atom is 0.510 e. The Morgan fingerprint density at radius 1 is 0.732 bits per heavy atom. The number of rotatable bonds is 32. The lowest BCUT2D eigenvalue weighted by Crippen LogP contribution is -2.42. The summed E-state index contributed by atoms with van der Waals surface area (Å²) in [4.78, 5) is 102. The number of esters is 1. The molecule has 0 aliphatic heterocycles. The van der Waals surface area contributed by atoms with E-state index in [0.29, 0.717) is 9.87 Å². The van der Waals surface area contributed by atoms with Crippen molar-refractivity contribution in [2.75, 3.05) is 51.1 Å². The van der Waals surface area contributed by atoms with Crippen LogP contribution in [0.25, 0.3) is 22.9 Å². The van der Waals surface area contributed by atoms with Crippen molar-refractivity contribution in [3.8, 4) is 46.0 Å². The number of carbonyl (C=O) groups is 3. The van der Waals surface area contributed by atoms with E-state index in [4.69, 9.17) is 42.9 Å². The monoisotopic (exact) mass is 1170 g/mol. The van der Waals surface area contributed by atoms with Crippen molar-refractivity contribution < 1.29 is 90.5 Å². The van der Waals surface area contributed by atoms with Crippen LogP contribution >= 0.6 is 0 Å². The predicted molar refractivity (Wildman–Crippen MR) is 271 cm³/mol. The molecular formula is C47H50N12O22S. The Hall–Kier alpha value is -10.3. The van der Waals surface area contributed by atoms with E-state index in [9.17, 15) is 44.7 Å². The molecule has 2 unspecified atom stereocenters. The molecule has 82 heavy (non-hydrogen) atoms. The minimum Gasteiger partial charge on any atom is -0.493 e. The number of sulfonamides is 1. The standard InChI is InChI=1S/C47H50N12O22S/c1-30-16-17-39(49-28-30)82(69,70)56(32(3)80-47(62)75-21-8-10-23-77-58(65)66)43-40(81-38-15-6-5-14-37(38)71-4)44(72-24-25-73-45(60)35-13-11-12-33(26-35)29-78-59(67)68)51-41(50-43)34-18-19-48-36(27-34)42-52-53-54-55(42)31(2)79-46(61)74-20-7-9-22-76-57(63)64/h5-6,11-19,26-28,31-32H,7-10,20-25,29H2,1-4H3. The zero-order valence-electron chi connectivity index (χ0n) is 43.8. The van der Waals surface area contributed by atoms with Crippen LogP contribution in [0.3, 0.4) is 0 Å². The summed E-state index contributed by atoms with van der Waals surface area (Å²) in [5, 5.41) is 40.0. The van der Waals surface area contributed by atoms with Crippen molar-refractivity contribution in [2.24, 2.45) is 0 Å². The van der Waals surface area contributed by atoms with Crippen molar-refractivity contribution >= 4 is 34.1 Å². The van der Waals surface area contributed by atoms with Gasteiger partial charge in [-0.05, 0) is 110 Å². The summed E-state index contributed by atoms with van der Waals surface area (Å²) in [5.41, 5.74) is 0.888. The fourth-order valence-electron chi connectivity index (χ4n) is 6.90. The molecule has 4 aromatic heterocycles. The molecule has 34 nitrogen and oxygen atoms in total. The summed E-state index contributed by atoms with van der Waals surface area (Å²) in [6, 6.07) is 17.2. The molecule has 0 aliphatic rings. The Labute approximate surface area is 463 Å². The van der Waals surface area contributed by atoms with Crippen molar-refractivity contribution in [2.45, 2.75) is 70.5 Å². The number of carbonyl (C=O) groups excluding carboxylic acids is 3. The Morgan fingerprint density at radius 3 is 2.06 bits per heavy atom. The first-order chi connectivity index (χ1) is 39.3. The van der Waals surface area contributed by atoms with Crippen LogP contribution in [-0.4, -0.2) is 135 Å². The quantitative estimate of drug-likeness (QED) is 0.0117. The predicted octanol–water partition coefficient (Wildman–Crippen LogP) is 5.98. The molecule has 2 aromatic carbocycles. The summed E-state index contributed by atoms with van der Waals surface area (Å²) < 4.78 is 76.9. The average molecular weight is 1170 g/mol. The minimum absolute atomic E-state index is 0.00211. The molecule has 6 rings (SSSR count). The molecule has 0 spiro atoms. The number of pyridine rings is 2. The van der Waals surface area contributed by atoms with Gasteiger partial charge in [0.05, 0.1) is 39.1 Å². The van der Waals surface area contributed by atoms with Gasteiger partial charge in [0, 0.05) is 18.0 Å². The zero-order chi connectivity index (χ0) is 59.2. The molecule has 2 atom stereocenters. The lowest BCUT2D eigenvalue weighted by Gasteiger charge is -2.30. The summed E-state index contributed by atoms with van der Waals surface area (Å²) in [7, 11) is -3.72. The average Bonchev–Trinajstić information content (AvgIpc) is 2.65. The number of hydrogen-bond donors (Lipinski definition) is 0. The van der Waals surface area contributed by atoms with Gasteiger partial charge in [-0.1, -0.05) is 30.3 Å². The molecule has 0 N–H and O–H groups in total. The number of aryl methyl sites for hydroxylation is 1. The summed E-state index contributed by atoms with van der Waals surface area (Å²) in [5.74, 6) is -3.03. The van der Waals surface area contributed by atoms with Crippen LogP contribution in [-0.2, 0) is 54.8 Å². The summed E-state index contributed by atoms with van der Waals surface area (Å²) in [6.45, 7) is 1.71. The first-order valence-corrected chi connectivity index (χ1v) is 25.6. The molecule has 0 bridgehead atoms. The van der Waals surface area contributed by atoms with Gasteiger partial charge in [0.2, 0.25) is 11.6 Å². The highest BCUT2D eigenvalue weighted by Gasteiger charge is 2.39. The third-order valence-electron chi connectivity index (χ3n) is 10.6. The van der Waals surface area contributed by atoms with E-state index in [1.54, 1.807) is 19.1 Å². The van der Waals surface area contributed by atoms with Gasteiger partial charge in [0.25, 0.3) is 31.2 Å². The third-order valence-corrected chi connectivity index (χ3v) is 12.4.